The topological polar surface area (TPSA) is 185 Å². The summed E-state index contributed by atoms with van der Waals surface area (Å²) in [5.41, 5.74) is 11.6. The summed E-state index contributed by atoms with van der Waals surface area (Å²) in [6.45, 7) is 0. The van der Waals surface area contributed by atoms with Crippen molar-refractivity contribution in [2.24, 2.45) is 10.2 Å². The molecule has 3 rings (SSSR count). The summed E-state index contributed by atoms with van der Waals surface area (Å²) < 4.78 is 65.0. The summed E-state index contributed by atoms with van der Waals surface area (Å²) in [6, 6.07) is 10.6. The molecular weight excluding hydrogens is 408 g/mol. The number of anilines is 2. The van der Waals surface area contributed by atoms with Crippen LogP contribution in [0.15, 0.2) is 68.6 Å². The average molecular weight is 422 g/mol. The number of rotatable bonds is 4. The van der Waals surface area contributed by atoms with E-state index in [4.69, 9.17) is 11.5 Å². The average Bonchev–Trinajstić information content (AvgIpc) is 2.60. The number of hydrogen-bond acceptors (Lipinski definition) is 8. The predicted octanol–water partition coefficient (Wildman–Crippen LogP) is 2.91. The van der Waals surface area contributed by atoms with Crippen molar-refractivity contribution in [1.29, 1.82) is 0 Å². The first-order chi connectivity index (χ1) is 13.0. The predicted molar refractivity (Wildman–Crippen MR) is 103 cm³/mol. The summed E-state index contributed by atoms with van der Waals surface area (Å²) in [4.78, 5) is -0.930. The first-order valence-electron chi connectivity index (χ1n) is 7.56. The van der Waals surface area contributed by atoms with E-state index in [2.05, 4.69) is 10.2 Å². The molecule has 0 amide bonds. The van der Waals surface area contributed by atoms with Crippen molar-refractivity contribution in [3.63, 3.8) is 0 Å². The van der Waals surface area contributed by atoms with Gasteiger partial charge in [-0.1, -0.05) is 12.1 Å². The Balaban J connectivity index is 2.22. The van der Waals surface area contributed by atoms with Gasteiger partial charge >= 0.3 is 0 Å². The Morgan fingerprint density at radius 3 is 2.00 bits per heavy atom. The van der Waals surface area contributed by atoms with Gasteiger partial charge in [0.25, 0.3) is 20.2 Å². The quantitative estimate of drug-likeness (QED) is 0.281. The minimum atomic E-state index is -4.60. The third-order valence-electron chi connectivity index (χ3n) is 3.82. The third kappa shape index (κ3) is 3.80. The van der Waals surface area contributed by atoms with Gasteiger partial charge < -0.3 is 11.5 Å². The minimum Gasteiger partial charge on any atom is -0.399 e. The van der Waals surface area contributed by atoms with Gasteiger partial charge in [-0.25, -0.2) is 0 Å². The molecule has 12 heteroatoms. The maximum absolute atomic E-state index is 11.6. The van der Waals surface area contributed by atoms with Crippen LogP contribution < -0.4 is 11.5 Å². The third-order valence-corrected chi connectivity index (χ3v) is 5.60. The second-order valence-corrected chi connectivity index (χ2v) is 8.51. The molecule has 0 saturated carbocycles. The molecule has 0 aromatic heterocycles. The number of nitrogen functional groups attached to an aromatic ring is 2. The zero-order chi connectivity index (χ0) is 20.7. The van der Waals surface area contributed by atoms with Crippen molar-refractivity contribution in [3.8, 4) is 0 Å². The zero-order valence-electron chi connectivity index (χ0n) is 14.0. The summed E-state index contributed by atoms with van der Waals surface area (Å²) in [5.74, 6) is 0. The van der Waals surface area contributed by atoms with Crippen LogP contribution in [0.3, 0.4) is 0 Å². The first-order valence-corrected chi connectivity index (χ1v) is 10.4. The SMILES string of the molecule is Nc1ccc(N=Nc2ccc(N)c3c(S(=O)(=O)O)cccc23)c(S(=O)(=O)O)c1. The number of nitrogens with zero attached hydrogens (tertiary/aromatic N) is 2. The highest BCUT2D eigenvalue weighted by Gasteiger charge is 2.18. The molecule has 10 nitrogen and oxygen atoms in total. The van der Waals surface area contributed by atoms with Gasteiger partial charge in [0.15, 0.2) is 0 Å². The number of benzene rings is 3. The lowest BCUT2D eigenvalue weighted by Crippen LogP contribution is -2.01. The van der Waals surface area contributed by atoms with Crippen LogP contribution >= 0.6 is 0 Å². The number of nitrogens with two attached hydrogens (primary N) is 2. The largest absolute Gasteiger partial charge is 0.399 e. The van der Waals surface area contributed by atoms with Gasteiger partial charge in [-0.15, -0.1) is 10.2 Å². The van der Waals surface area contributed by atoms with Crippen LogP contribution in [0, 0.1) is 0 Å². The first kappa shape index (κ1) is 19.7. The molecule has 0 aliphatic carbocycles. The van der Waals surface area contributed by atoms with E-state index in [1.54, 1.807) is 0 Å². The van der Waals surface area contributed by atoms with Gasteiger partial charge in [0.05, 0.1) is 5.69 Å². The second kappa shape index (κ2) is 6.83. The molecule has 0 heterocycles. The molecular formula is C16H14N4O6S2. The number of hydrogen-bond donors (Lipinski definition) is 4. The Morgan fingerprint density at radius 2 is 1.36 bits per heavy atom. The molecule has 3 aromatic rings. The van der Waals surface area contributed by atoms with Crippen LogP contribution in [0.25, 0.3) is 10.8 Å². The summed E-state index contributed by atoms with van der Waals surface area (Å²) in [7, 11) is -9.15. The summed E-state index contributed by atoms with van der Waals surface area (Å²) >= 11 is 0. The number of azo groups is 1. The van der Waals surface area contributed by atoms with Gasteiger partial charge in [0, 0.05) is 22.1 Å². The lowest BCUT2D eigenvalue weighted by Gasteiger charge is -2.09. The van der Waals surface area contributed by atoms with Gasteiger partial charge in [-0.05, 0) is 36.4 Å². The molecule has 0 aliphatic heterocycles. The monoisotopic (exact) mass is 422 g/mol. The molecule has 0 unspecified atom stereocenters. The Hall–Kier alpha value is -3.06. The highest BCUT2D eigenvalue weighted by atomic mass is 32.2. The Bertz CT molecular complexity index is 1330. The Kier molecular flexibility index (Phi) is 4.81. The molecule has 0 saturated heterocycles. The molecule has 0 aliphatic rings. The molecule has 0 fully saturated rings. The van der Waals surface area contributed by atoms with E-state index in [1.807, 2.05) is 0 Å². The van der Waals surface area contributed by atoms with Crippen molar-refractivity contribution < 1.29 is 25.9 Å². The molecule has 0 radical (unpaired) electrons. The fraction of sp³-hybridized carbons (Fsp3) is 0. The van der Waals surface area contributed by atoms with Crippen molar-refractivity contribution >= 4 is 53.8 Å². The Labute approximate surface area is 160 Å². The van der Waals surface area contributed by atoms with Gasteiger partial charge in [0.2, 0.25) is 0 Å². The van der Waals surface area contributed by atoms with Crippen LogP contribution in [0.2, 0.25) is 0 Å². The standard InChI is InChI=1S/C16H14N4O6S2/c17-9-4-6-13(15(8-9)28(24,25)26)20-19-12-7-5-11(18)16-10(12)2-1-3-14(16)27(21,22)23/h1-8H,17-18H2,(H,21,22,23)(H,24,25,26). The van der Waals surface area contributed by atoms with Crippen molar-refractivity contribution in [3.05, 3.63) is 48.5 Å². The van der Waals surface area contributed by atoms with Crippen LogP contribution in [0.1, 0.15) is 0 Å². The van der Waals surface area contributed by atoms with E-state index in [1.165, 1.54) is 42.5 Å². The molecule has 0 bridgehead atoms. The maximum Gasteiger partial charge on any atom is 0.296 e. The van der Waals surface area contributed by atoms with E-state index in [0.29, 0.717) is 0 Å². The molecule has 146 valence electrons. The van der Waals surface area contributed by atoms with Crippen molar-refractivity contribution in [2.45, 2.75) is 9.79 Å². The van der Waals surface area contributed by atoms with E-state index in [0.717, 1.165) is 6.07 Å². The fourth-order valence-electron chi connectivity index (χ4n) is 2.61. The van der Waals surface area contributed by atoms with Crippen LogP contribution in [0.4, 0.5) is 22.7 Å². The molecule has 3 aromatic carbocycles. The lowest BCUT2D eigenvalue weighted by molar-refractivity contribution is 0.481. The minimum absolute atomic E-state index is 0.0498. The van der Waals surface area contributed by atoms with E-state index in [-0.39, 0.29) is 33.5 Å². The van der Waals surface area contributed by atoms with Crippen LogP contribution in [0.5, 0.6) is 0 Å². The van der Waals surface area contributed by atoms with E-state index in [9.17, 15) is 25.9 Å². The summed E-state index contributed by atoms with van der Waals surface area (Å²) in [5, 5.41) is 8.10. The second-order valence-electron chi connectivity index (χ2n) is 5.73. The van der Waals surface area contributed by atoms with Crippen molar-refractivity contribution in [1.82, 2.24) is 0 Å². The molecule has 0 spiro atoms. The van der Waals surface area contributed by atoms with Gasteiger partial charge in [-0.2, -0.15) is 16.8 Å². The lowest BCUT2D eigenvalue weighted by atomic mass is 10.1. The van der Waals surface area contributed by atoms with Crippen LogP contribution in [-0.2, 0) is 20.2 Å². The fourth-order valence-corrected chi connectivity index (χ4v) is 4.01. The Morgan fingerprint density at radius 1 is 0.750 bits per heavy atom. The van der Waals surface area contributed by atoms with E-state index < -0.39 is 30.0 Å². The van der Waals surface area contributed by atoms with Crippen molar-refractivity contribution in [2.75, 3.05) is 11.5 Å². The highest BCUT2D eigenvalue weighted by molar-refractivity contribution is 7.86. The molecule has 0 atom stereocenters. The summed E-state index contributed by atoms with van der Waals surface area (Å²) in [6.07, 6.45) is 0. The molecule has 28 heavy (non-hydrogen) atoms. The van der Waals surface area contributed by atoms with Gasteiger partial charge in [0.1, 0.15) is 15.5 Å². The highest BCUT2D eigenvalue weighted by Crippen LogP contribution is 2.36. The molecule has 6 N–H and O–H groups in total. The maximum atomic E-state index is 11.6. The smallest absolute Gasteiger partial charge is 0.296 e. The number of fused-ring (bicyclic) bond motifs is 1. The van der Waals surface area contributed by atoms with Crippen LogP contribution in [-0.4, -0.2) is 25.9 Å². The van der Waals surface area contributed by atoms with E-state index >= 15 is 0 Å². The zero-order valence-corrected chi connectivity index (χ0v) is 15.6. The van der Waals surface area contributed by atoms with Gasteiger partial charge in [-0.3, -0.25) is 9.11 Å². The normalized spacial score (nSPS) is 12.6.